The molecule has 1 aliphatic rings. The van der Waals surface area contributed by atoms with Gasteiger partial charge >= 0.3 is 0 Å². The van der Waals surface area contributed by atoms with Crippen LogP contribution >= 0.6 is 0 Å². The lowest BCUT2D eigenvalue weighted by molar-refractivity contribution is -0.384. The topological polar surface area (TPSA) is 94.8 Å². The number of anilines is 1. The van der Waals surface area contributed by atoms with Crippen LogP contribution in [0.15, 0.2) is 36.5 Å². The molecule has 3 rings (SSSR count). The Balaban J connectivity index is 2.07. The van der Waals surface area contributed by atoms with Crippen molar-refractivity contribution < 1.29 is 19.2 Å². The van der Waals surface area contributed by atoms with Gasteiger partial charge in [-0.15, -0.1) is 0 Å². The molecular formula is C16H15N3O5. The van der Waals surface area contributed by atoms with Crippen LogP contribution in [0.3, 0.4) is 0 Å². The fraction of sp³-hybridized carbons (Fsp3) is 0.250. The van der Waals surface area contributed by atoms with E-state index in [0.29, 0.717) is 11.4 Å². The van der Waals surface area contributed by atoms with Crippen molar-refractivity contribution in [1.29, 1.82) is 0 Å². The smallest absolute Gasteiger partial charge is 0.271 e. The van der Waals surface area contributed by atoms with Crippen LogP contribution in [0.2, 0.25) is 0 Å². The lowest BCUT2D eigenvalue weighted by atomic mass is 10.1. The van der Waals surface area contributed by atoms with Gasteiger partial charge in [0.1, 0.15) is 17.4 Å². The summed E-state index contributed by atoms with van der Waals surface area (Å²) in [7, 11) is 1.43. The van der Waals surface area contributed by atoms with Crippen molar-refractivity contribution in [1.82, 2.24) is 4.98 Å². The van der Waals surface area contributed by atoms with Crippen LogP contribution in [0, 0.1) is 10.1 Å². The molecular weight excluding hydrogens is 314 g/mol. The summed E-state index contributed by atoms with van der Waals surface area (Å²) in [5, 5.41) is 11.0. The first kappa shape index (κ1) is 15.7. The molecule has 1 unspecified atom stereocenters. The van der Waals surface area contributed by atoms with Crippen LogP contribution in [0.1, 0.15) is 17.3 Å². The molecule has 0 fully saturated rings. The van der Waals surface area contributed by atoms with Crippen LogP contribution in [-0.4, -0.2) is 35.6 Å². The molecule has 0 N–H and O–H groups in total. The van der Waals surface area contributed by atoms with E-state index in [1.165, 1.54) is 36.4 Å². The van der Waals surface area contributed by atoms with Gasteiger partial charge in [0.05, 0.1) is 24.3 Å². The first-order valence-corrected chi connectivity index (χ1v) is 7.27. The van der Waals surface area contributed by atoms with E-state index in [4.69, 9.17) is 9.47 Å². The highest BCUT2D eigenvalue weighted by atomic mass is 16.6. The predicted molar refractivity (Wildman–Crippen MR) is 85.7 cm³/mol. The number of hydrogen-bond acceptors (Lipinski definition) is 6. The zero-order valence-corrected chi connectivity index (χ0v) is 13.1. The third-order valence-electron chi connectivity index (χ3n) is 3.65. The van der Waals surface area contributed by atoms with E-state index in [1.54, 1.807) is 12.1 Å². The van der Waals surface area contributed by atoms with Crippen molar-refractivity contribution in [2.24, 2.45) is 0 Å². The summed E-state index contributed by atoms with van der Waals surface area (Å²) < 4.78 is 10.8. The molecule has 0 bridgehead atoms. The number of nitro benzene ring substituents is 1. The molecule has 24 heavy (non-hydrogen) atoms. The first-order valence-electron chi connectivity index (χ1n) is 7.27. The highest BCUT2D eigenvalue weighted by molar-refractivity contribution is 6.08. The molecule has 0 spiro atoms. The molecule has 124 valence electrons. The zero-order valence-electron chi connectivity index (χ0n) is 13.1. The van der Waals surface area contributed by atoms with Crippen molar-refractivity contribution in [3.05, 3.63) is 52.2 Å². The van der Waals surface area contributed by atoms with E-state index in [0.717, 1.165) is 0 Å². The minimum atomic E-state index is -0.508. The number of methoxy groups -OCH3 is 1. The number of non-ortho nitro benzene ring substituents is 1. The van der Waals surface area contributed by atoms with E-state index in [2.05, 4.69) is 4.98 Å². The Morgan fingerprint density at radius 3 is 2.96 bits per heavy atom. The summed E-state index contributed by atoms with van der Waals surface area (Å²) in [6.45, 7) is 2.09. The van der Waals surface area contributed by atoms with Gasteiger partial charge in [0, 0.05) is 18.3 Å². The van der Waals surface area contributed by atoms with Crippen LogP contribution in [0.25, 0.3) is 0 Å². The summed E-state index contributed by atoms with van der Waals surface area (Å²) in [4.78, 5) is 28.9. The fourth-order valence-electron chi connectivity index (χ4n) is 2.59. The van der Waals surface area contributed by atoms with Crippen LogP contribution in [0.4, 0.5) is 11.4 Å². The number of carbonyl (C=O) groups is 1. The number of aromatic nitrogens is 1. The van der Waals surface area contributed by atoms with Gasteiger partial charge in [-0.3, -0.25) is 14.9 Å². The van der Waals surface area contributed by atoms with E-state index >= 15 is 0 Å². The first-order chi connectivity index (χ1) is 11.5. The summed E-state index contributed by atoms with van der Waals surface area (Å²) in [6.07, 6.45) is 1.28. The molecule has 2 aromatic rings. The molecule has 8 heteroatoms. The van der Waals surface area contributed by atoms with Gasteiger partial charge in [0.15, 0.2) is 0 Å². The molecule has 0 saturated heterocycles. The highest BCUT2D eigenvalue weighted by Gasteiger charge is 2.31. The molecule has 1 aromatic heterocycles. The second-order valence-corrected chi connectivity index (χ2v) is 5.31. The van der Waals surface area contributed by atoms with E-state index < -0.39 is 4.92 Å². The van der Waals surface area contributed by atoms with Crippen LogP contribution < -0.4 is 14.4 Å². The zero-order chi connectivity index (χ0) is 17.3. The summed E-state index contributed by atoms with van der Waals surface area (Å²) in [5.41, 5.74) is 0.535. The Bertz CT molecular complexity index is 808. The van der Waals surface area contributed by atoms with Crippen molar-refractivity contribution in [3.8, 4) is 11.6 Å². The van der Waals surface area contributed by atoms with Gasteiger partial charge in [-0.1, -0.05) is 0 Å². The minimum absolute atomic E-state index is 0.108. The maximum absolute atomic E-state index is 12.9. The number of carbonyl (C=O) groups excluding carboxylic acids is 1. The maximum Gasteiger partial charge on any atom is 0.271 e. The third kappa shape index (κ3) is 2.73. The van der Waals surface area contributed by atoms with Crippen LogP contribution in [-0.2, 0) is 0 Å². The average Bonchev–Trinajstić information content (AvgIpc) is 2.59. The van der Waals surface area contributed by atoms with Crippen LogP contribution in [0.5, 0.6) is 11.6 Å². The number of pyridine rings is 1. The summed E-state index contributed by atoms with van der Waals surface area (Å²) >= 11 is 0. The lowest BCUT2D eigenvalue weighted by Gasteiger charge is -2.33. The second kappa shape index (κ2) is 6.15. The molecule has 1 amide bonds. The van der Waals surface area contributed by atoms with Gasteiger partial charge < -0.3 is 14.4 Å². The molecule has 1 aromatic carbocycles. The number of ether oxygens (including phenoxy) is 2. The number of benzene rings is 1. The van der Waals surface area contributed by atoms with E-state index in [1.807, 2.05) is 6.92 Å². The maximum atomic E-state index is 12.9. The minimum Gasteiger partial charge on any atom is -0.487 e. The number of hydrogen-bond donors (Lipinski definition) is 0. The molecule has 1 aliphatic heterocycles. The van der Waals surface area contributed by atoms with Gasteiger partial charge in [-0.05, 0) is 25.1 Å². The van der Waals surface area contributed by atoms with Gasteiger partial charge in [-0.2, -0.15) is 0 Å². The normalized spacial score (nSPS) is 16.1. The van der Waals surface area contributed by atoms with E-state index in [9.17, 15) is 14.9 Å². The Hall–Kier alpha value is -3.16. The monoisotopic (exact) mass is 329 g/mol. The highest BCUT2D eigenvalue weighted by Crippen LogP contribution is 2.37. The fourth-order valence-corrected chi connectivity index (χ4v) is 2.59. The van der Waals surface area contributed by atoms with Crippen molar-refractivity contribution in [3.63, 3.8) is 0 Å². The predicted octanol–water partition coefficient (Wildman–Crippen LogP) is 2.43. The summed E-state index contributed by atoms with van der Waals surface area (Å²) in [5.74, 6) is 0.279. The van der Waals surface area contributed by atoms with Gasteiger partial charge in [0.25, 0.3) is 11.6 Å². The Labute approximate surface area is 137 Å². The van der Waals surface area contributed by atoms with Gasteiger partial charge in [0.2, 0.25) is 5.88 Å². The largest absolute Gasteiger partial charge is 0.487 e. The molecule has 2 heterocycles. The average molecular weight is 329 g/mol. The van der Waals surface area contributed by atoms with Crippen molar-refractivity contribution in [2.75, 3.05) is 18.6 Å². The Morgan fingerprint density at radius 1 is 1.46 bits per heavy atom. The standard InChI is InChI=1S/C16H15N3O5/c1-10-9-18(16(20)12-4-3-7-17-15(12)23-2)13-8-11(19(21)22)5-6-14(13)24-10/h3-8,10H,9H2,1-2H3. The SMILES string of the molecule is COc1ncccc1C(=O)N1CC(C)Oc2ccc([N+](=O)[O-])cc21. The third-order valence-corrected chi connectivity index (χ3v) is 3.65. The number of nitrogens with zero attached hydrogens (tertiary/aromatic N) is 3. The Kier molecular flexibility index (Phi) is 4.03. The number of rotatable bonds is 3. The number of nitro groups is 1. The van der Waals surface area contributed by atoms with Crippen molar-refractivity contribution in [2.45, 2.75) is 13.0 Å². The number of amides is 1. The van der Waals surface area contributed by atoms with Gasteiger partial charge in [-0.25, -0.2) is 4.98 Å². The van der Waals surface area contributed by atoms with Crippen molar-refractivity contribution >= 4 is 17.3 Å². The molecule has 8 nitrogen and oxygen atoms in total. The lowest BCUT2D eigenvalue weighted by Crippen LogP contribution is -2.42. The molecule has 1 atom stereocenters. The number of fused-ring (bicyclic) bond motifs is 1. The Morgan fingerprint density at radius 2 is 2.25 bits per heavy atom. The second-order valence-electron chi connectivity index (χ2n) is 5.31. The molecule has 0 aliphatic carbocycles. The quantitative estimate of drug-likeness (QED) is 0.634. The molecule has 0 saturated carbocycles. The summed E-state index contributed by atoms with van der Waals surface area (Å²) in [6, 6.07) is 7.43. The molecule has 0 radical (unpaired) electrons. The van der Waals surface area contributed by atoms with E-state index in [-0.39, 0.29) is 35.7 Å².